The fourth-order valence-electron chi connectivity index (χ4n) is 4.31. The second kappa shape index (κ2) is 7.31. The van der Waals surface area contributed by atoms with E-state index in [2.05, 4.69) is 15.5 Å². The molecular formula is C19H24FN5O4S. The van der Waals surface area contributed by atoms with Crippen LogP contribution in [-0.2, 0) is 15.4 Å². The number of nitrogens with one attached hydrogen (secondary N) is 1. The Bertz CT molecular complexity index is 1090. The molecular weight excluding hydrogens is 413 g/mol. The lowest BCUT2D eigenvalue weighted by molar-refractivity contribution is 0.212. The molecule has 2 atom stereocenters. The topological polar surface area (TPSA) is 109 Å². The van der Waals surface area contributed by atoms with Crippen LogP contribution in [0.3, 0.4) is 0 Å². The smallest absolute Gasteiger partial charge is 0.321 e. The van der Waals surface area contributed by atoms with Crippen LogP contribution in [0.5, 0.6) is 0 Å². The number of carbonyl (C=O) groups is 1. The zero-order chi connectivity index (χ0) is 21.7. The number of sulfonamides is 1. The zero-order valence-electron chi connectivity index (χ0n) is 17.1. The standard InChI is InChI=1S/C19H24FN5O4S/c1-4-30(27,28)25-9-14-8-24(10-19(14,11-25)17-21-13(3)23-29-17)18(26)22-16-7-5-6-15(20)12(16)2/h5-7,14H,4,8-11H2,1-3H3,(H,22,26)/t14-,19-/m0/s1. The number of carbonyl (C=O) groups excluding carboxylic acids is 1. The molecule has 2 amide bonds. The number of amides is 2. The Balaban J connectivity index is 1.61. The molecule has 4 rings (SSSR count). The lowest BCUT2D eigenvalue weighted by Crippen LogP contribution is -2.42. The van der Waals surface area contributed by atoms with Crippen molar-refractivity contribution in [1.82, 2.24) is 19.3 Å². The van der Waals surface area contributed by atoms with Gasteiger partial charge in [-0.2, -0.15) is 4.98 Å². The summed E-state index contributed by atoms with van der Waals surface area (Å²) in [5.41, 5.74) is -0.0136. The van der Waals surface area contributed by atoms with Gasteiger partial charge >= 0.3 is 6.03 Å². The minimum atomic E-state index is -3.39. The van der Waals surface area contributed by atoms with Crippen LogP contribution in [0.15, 0.2) is 22.7 Å². The van der Waals surface area contributed by atoms with E-state index in [-0.39, 0.29) is 37.3 Å². The quantitative estimate of drug-likeness (QED) is 0.783. The summed E-state index contributed by atoms with van der Waals surface area (Å²) >= 11 is 0. The number of benzene rings is 1. The SMILES string of the molecule is CCS(=O)(=O)N1C[C@@H]2CN(C(=O)Nc3cccc(F)c3C)C[C@]2(c2nc(C)no2)C1. The molecule has 0 aliphatic carbocycles. The minimum Gasteiger partial charge on any atom is -0.339 e. The van der Waals surface area contributed by atoms with Gasteiger partial charge in [-0.05, 0) is 32.9 Å². The van der Waals surface area contributed by atoms with Gasteiger partial charge in [-0.1, -0.05) is 11.2 Å². The van der Waals surface area contributed by atoms with E-state index >= 15 is 0 Å². The van der Waals surface area contributed by atoms with Crippen LogP contribution in [0.2, 0.25) is 0 Å². The van der Waals surface area contributed by atoms with Gasteiger partial charge in [0.25, 0.3) is 0 Å². The number of aryl methyl sites for hydroxylation is 1. The number of nitrogens with zero attached hydrogens (tertiary/aromatic N) is 4. The maximum absolute atomic E-state index is 13.8. The van der Waals surface area contributed by atoms with Crippen molar-refractivity contribution >= 4 is 21.7 Å². The van der Waals surface area contributed by atoms with Gasteiger partial charge in [-0.3, -0.25) is 0 Å². The van der Waals surface area contributed by atoms with Gasteiger partial charge < -0.3 is 14.7 Å². The molecule has 2 aliphatic rings. The van der Waals surface area contributed by atoms with Gasteiger partial charge in [-0.15, -0.1) is 0 Å². The summed E-state index contributed by atoms with van der Waals surface area (Å²) in [6.07, 6.45) is 0. The van der Waals surface area contributed by atoms with Crippen LogP contribution >= 0.6 is 0 Å². The molecule has 2 aliphatic heterocycles. The van der Waals surface area contributed by atoms with Gasteiger partial charge in [0.1, 0.15) is 5.82 Å². The summed E-state index contributed by atoms with van der Waals surface area (Å²) in [4.78, 5) is 18.9. The number of hydrogen-bond donors (Lipinski definition) is 1. The molecule has 11 heteroatoms. The van der Waals surface area contributed by atoms with Gasteiger partial charge in [-0.25, -0.2) is 21.9 Å². The summed E-state index contributed by atoms with van der Waals surface area (Å²) in [7, 11) is -3.39. The maximum atomic E-state index is 13.8. The number of aromatic nitrogens is 2. The lowest BCUT2D eigenvalue weighted by Gasteiger charge is -2.26. The van der Waals surface area contributed by atoms with Crippen molar-refractivity contribution < 1.29 is 22.1 Å². The summed E-state index contributed by atoms with van der Waals surface area (Å²) in [6, 6.07) is 4.13. The van der Waals surface area contributed by atoms with E-state index in [1.165, 1.54) is 16.4 Å². The number of anilines is 1. The van der Waals surface area contributed by atoms with Crippen molar-refractivity contribution in [3.8, 4) is 0 Å². The Labute approximate surface area is 174 Å². The van der Waals surface area contributed by atoms with Crippen molar-refractivity contribution in [2.24, 2.45) is 5.92 Å². The molecule has 9 nitrogen and oxygen atoms in total. The number of rotatable bonds is 4. The minimum absolute atomic E-state index is 0.00170. The van der Waals surface area contributed by atoms with E-state index in [1.807, 2.05) is 0 Å². The number of hydrogen-bond acceptors (Lipinski definition) is 6. The van der Waals surface area contributed by atoms with Crippen LogP contribution in [0, 0.1) is 25.6 Å². The third kappa shape index (κ3) is 3.35. The van der Waals surface area contributed by atoms with Gasteiger partial charge in [0, 0.05) is 43.3 Å². The molecule has 0 bridgehead atoms. The summed E-state index contributed by atoms with van der Waals surface area (Å²) < 4.78 is 45.6. The number of fused-ring (bicyclic) bond motifs is 1. The molecule has 0 radical (unpaired) electrons. The second-order valence-electron chi connectivity index (χ2n) is 7.92. The van der Waals surface area contributed by atoms with E-state index in [9.17, 15) is 17.6 Å². The maximum Gasteiger partial charge on any atom is 0.321 e. The first-order valence-electron chi connectivity index (χ1n) is 9.76. The van der Waals surface area contributed by atoms with E-state index in [1.54, 1.807) is 31.7 Å². The molecule has 2 aromatic rings. The summed E-state index contributed by atoms with van der Waals surface area (Å²) in [6.45, 7) is 5.92. The predicted molar refractivity (Wildman–Crippen MR) is 107 cm³/mol. The van der Waals surface area contributed by atoms with Crippen LogP contribution in [0.1, 0.15) is 24.2 Å². The van der Waals surface area contributed by atoms with Crippen LogP contribution in [0.4, 0.5) is 14.9 Å². The Kier molecular flexibility index (Phi) is 5.05. The Morgan fingerprint density at radius 3 is 2.77 bits per heavy atom. The van der Waals surface area contributed by atoms with Gasteiger partial charge in [0.05, 0.1) is 11.2 Å². The molecule has 0 unspecified atom stereocenters. The van der Waals surface area contributed by atoms with Gasteiger partial charge in [0.15, 0.2) is 5.82 Å². The highest BCUT2D eigenvalue weighted by molar-refractivity contribution is 7.89. The van der Waals surface area contributed by atoms with Crippen molar-refractivity contribution in [2.45, 2.75) is 26.2 Å². The van der Waals surface area contributed by atoms with Crippen LogP contribution in [-0.4, -0.2) is 65.7 Å². The average Bonchev–Trinajstić information content (AvgIpc) is 3.38. The highest BCUT2D eigenvalue weighted by Gasteiger charge is 2.59. The first-order chi connectivity index (χ1) is 14.2. The van der Waals surface area contributed by atoms with Crippen molar-refractivity contribution in [1.29, 1.82) is 0 Å². The molecule has 1 N–H and O–H groups in total. The normalized spacial score (nSPS) is 24.3. The molecule has 30 heavy (non-hydrogen) atoms. The van der Waals surface area contributed by atoms with E-state index in [0.29, 0.717) is 29.5 Å². The molecule has 3 heterocycles. The number of likely N-dealkylation sites (tertiary alicyclic amines) is 1. The fraction of sp³-hybridized carbons (Fsp3) is 0.526. The highest BCUT2D eigenvalue weighted by atomic mass is 32.2. The lowest BCUT2D eigenvalue weighted by atomic mass is 9.81. The van der Waals surface area contributed by atoms with Crippen molar-refractivity contribution in [3.63, 3.8) is 0 Å². The molecule has 2 fully saturated rings. The molecule has 0 spiro atoms. The number of halogens is 1. The van der Waals surface area contributed by atoms with E-state index in [0.717, 1.165) is 0 Å². The third-order valence-corrected chi connectivity index (χ3v) is 7.88. The van der Waals surface area contributed by atoms with E-state index < -0.39 is 21.3 Å². The van der Waals surface area contributed by atoms with Crippen LogP contribution in [0.25, 0.3) is 0 Å². The summed E-state index contributed by atoms with van der Waals surface area (Å²) in [5.74, 6) is 0.216. The Morgan fingerprint density at radius 1 is 1.33 bits per heavy atom. The average molecular weight is 437 g/mol. The fourth-order valence-corrected chi connectivity index (χ4v) is 5.51. The molecule has 1 aromatic carbocycles. The number of urea groups is 1. The van der Waals surface area contributed by atoms with Gasteiger partial charge in [0.2, 0.25) is 15.9 Å². The Morgan fingerprint density at radius 2 is 2.10 bits per heavy atom. The third-order valence-electron chi connectivity index (χ3n) is 6.09. The predicted octanol–water partition coefficient (Wildman–Crippen LogP) is 1.89. The zero-order valence-corrected chi connectivity index (χ0v) is 17.9. The van der Waals surface area contributed by atoms with E-state index in [4.69, 9.17) is 4.52 Å². The molecule has 2 saturated heterocycles. The first kappa shape index (κ1) is 20.7. The van der Waals surface area contributed by atoms with Crippen molar-refractivity contribution in [3.05, 3.63) is 41.3 Å². The first-order valence-corrected chi connectivity index (χ1v) is 11.4. The highest BCUT2D eigenvalue weighted by Crippen LogP contribution is 2.45. The summed E-state index contributed by atoms with van der Waals surface area (Å²) in [5, 5.41) is 6.63. The monoisotopic (exact) mass is 437 g/mol. The Hall–Kier alpha value is -2.53. The largest absolute Gasteiger partial charge is 0.339 e. The second-order valence-corrected chi connectivity index (χ2v) is 10.2. The molecule has 162 valence electrons. The molecule has 1 aromatic heterocycles. The van der Waals surface area contributed by atoms with Crippen LogP contribution < -0.4 is 5.32 Å². The molecule has 0 saturated carbocycles. The van der Waals surface area contributed by atoms with Crippen molar-refractivity contribution in [2.75, 3.05) is 37.2 Å².